The molecular weight excluding hydrogens is 420 g/mol. The van der Waals surface area contributed by atoms with E-state index in [-0.39, 0.29) is 12.0 Å². The molecule has 0 heterocycles. The van der Waals surface area contributed by atoms with Crippen LogP contribution in [-0.2, 0) is 33.4 Å². The average molecular weight is 440 g/mol. The zero-order chi connectivity index (χ0) is 23.2. The van der Waals surface area contributed by atoms with Gasteiger partial charge in [0.2, 0.25) is 11.8 Å². The third-order valence-corrected chi connectivity index (χ3v) is 4.41. The molecule has 6 nitrogen and oxygen atoms in total. The Bertz CT molecular complexity index is 945. The summed E-state index contributed by atoms with van der Waals surface area (Å²) in [7, 11) is 0. The van der Waals surface area contributed by atoms with Gasteiger partial charge in [-0.15, -0.1) is 0 Å². The predicted octanol–water partition coefficient (Wildman–Crippen LogP) is 2.70. The van der Waals surface area contributed by atoms with E-state index in [1.165, 1.54) is 24.3 Å². The van der Waals surface area contributed by atoms with Gasteiger partial charge in [0.25, 0.3) is 0 Å². The molecule has 0 fully saturated rings. The third-order valence-electron chi connectivity index (χ3n) is 4.41. The zero-order valence-electron chi connectivity index (χ0n) is 16.4. The maximum atomic E-state index is 13.2. The van der Waals surface area contributed by atoms with Crippen molar-refractivity contribution in [3.8, 4) is 0 Å². The first-order valence-electron chi connectivity index (χ1n) is 9.17. The fourth-order valence-corrected chi connectivity index (χ4v) is 2.98. The predicted molar refractivity (Wildman–Crippen MR) is 102 cm³/mol. The van der Waals surface area contributed by atoms with Crippen LogP contribution in [0.5, 0.6) is 0 Å². The Balaban J connectivity index is 2.21. The fourth-order valence-electron chi connectivity index (χ4n) is 2.98. The van der Waals surface area contributed by atoms with Crippen LogP contribution in [-0.4, -0.2) is 35.0 Å². The molecule has 0 radical (unpaired) electrons. The normalized spacial score (nSPS) is 13.2. The minimum absolute atomic E-state index is 0.0723. The number of carbonyl (C=O) groups is 3. The second kappa shape index (κ2) is 10.1. The van der Waals surface area contributed by atoms with Gasteiger partial charge in [-0.2, -0.15) is 13.2 Å². The molecule has 10 heteroatoms. The number of hydrogen-bond acceptors (Lipinski definition) is 3. The fraction of sp³-hybridized carbons (Fsp3) is 0.286. The van der Waals surface area contributed by atoms with Crippen molar-refractivity contribution >= 4 is 17.8 Å². The van der Waals surface area contributed by atoms with E-state index < -0.39 is 53.8 Å². The van der Waals surface area contributed by atoms with Gasteiger partial charge in [-0.3, -0.25) is 9.59 Å². The minimum Gasteiger partial charge on any atom is -0.480 e. The van der Waals surface area contributed by atoms with E-state index in [0.717, 1.165) is 31.2 Å². The van der Waals surface area contributed by atoms with Crippen molar-refractivity contribution < 1.29 is 37.1 Å². The number of hydrogen-bond donors (Lipinski definition) is 3. The lowest BCUT2D eigenvalue weighted by Gasteiger charge is -2.22. The Hall–Kier alpha value is -3.43. The van der Waals surface area contributed by atoms with Crippen LogP contribution < -0.4 is 10.6 Å². The first kappa shape index (κ1) is 23.8. The largest absolute Gasteiger partial charge is 0.480 e. The van der Waals surface area contributed by atoms with E-state index in [1.807, 2.05) is 0 Å². The van der Waals surface area contributed by atoms with Crippen molar-refractivity contribution in [2.45, 2.75) is 38.0 Å². The van der Waals surface area contributed by atoms with Crippen molar-refractivity contribution in [1.29, 1.82) is 0 Å². The van der Waals surface area contributed by atoms with Crippen molar-refractivity contribution in [1.82, 2.24) is 10.6 Å². The molecule has 0 spiro atoms. The number of benzene rings is 2. The second-order valence-electron chi connectivity index (χ2n) is 6.84. The van der Waals surface area contributed by atoms with Gasteiger partial charge in [-0.1, -0.05) is 30.3 Å². The Morgan fingerprint density at radius 1 is 0.935 bits per heavy atom. The zero-order valence-corrected chi connectivity index (χ0v) is 16.4. The molecule has 0 saturated heterocycles. The van der Waals surface area contributed by atoms with E-state index >= 15 is 0 Å². The van der Waals surface area contributed by atoms with Crippen molar-refractivity contribution in [2.24, 2.45) is 0 Å². The molecule has 166 valence electrons. The van der Waals surface area contributed by atoms with Crippen LogP contribution in [0.25, 0.3) is 0 Å². The van der Waals surface area contributed by atoms with Crippen molar-refractivity contribution in [3.05, 3.63) is 71.0 Å². The molecule has 0 aliphatic carbocycles. The molecule has 0 bridgehead atoms. The summed E-state index contributed by atoms with van der Waals surface area (Å²) in [5.74, 6) is -3.50. The van der Waals surface area contributed by atoms with Crippen LogP contribution in [0.4, 0.5) is 17.6 Å². The maximum absolute atomic E-state index is 13.2. The lowest BCUT2D eigenvalue weighted by atomic mass is 9.99. The number of amides is 2. The molecule has 0 saturated carbocycles. The number of halogens is 4. The van der Waals surface area contributed by atoms with E-state index in [9.17, 15) is 37.1 Å². The highest BCUT2D eigenvalue weighted by Gasteiger charge is 2.35. The highest BCUT2D eigenvalue weighted by atomic mass is 19.4. The number of carboxylic acids is 1. The number of carbonyl (C=O) groups excluding carboxylic acids is 2. The first-order valence-corrected chi connectivity index (χ1v) is 9.17. The Morgan fingerprint density at radius 3 is 2.10 bits per heavy atom. The number of nitrogens with one attached hydrogen (secondary N) is 2. The Labute approximate surface area is 175 Å². The van der Waals surface area contributed by atoms with Crippen molar-refractivity contribution in [3.63, 3.8) is 0 Å². The summed E-state index contributed by atoms with van der Waals surface area (Å²) in [5, 5.41) is 14.0. The smallest absolute Gasteiger partial charge is 0.416 e. The number of rotatable bonds is 8. The summed E-state index contributed by atoms with van der Waals surface area (Å²) in [4.78, 5) is 35.7. The van der Waals surface area contributed by atoms with Crippen LogP contribution in [0.2, 0.25) is 0 Å². The van der Waals surface area contributed by atoms with Gasteiger partial charge in [0, 0.05) is 19.8 Å². The maximum Gasteiger partial charge on any atom is 0.416 e. The van der Waals surface area contributed by atoms with Gasteiger partial charge in [0.15, 0.2) is 0 Å². The van der Waals surface area contributed by atoms with E-state index in [0.29, 0.717) is 5.56 Å². The average Bonchev–Trinajstić information content (AvgIpc) is 2.67. The minimum atomic E-state index is -4.69. The van der Waals surface area contributed by atoms with Gasteiger partial charge in [0.05, 0.1) is 5.56 Å². The molecule has 0 aliphatic rings. The highest BCUT2D eigenvalue weighted by Crippen LogP contribution is 2.32. The molecule has 0 aliphatic heterocycles. The summed E-state index contributed by atoms with van der Waals surface area (Å²) in [6.45, 7) is 1.15. The highest BCUT2D eigenvalue weighted by molar-refractivity contribution is 5.90. The standard InChI is InChI=1S/C21H20F4N2O4/c1-12(28)26-17(10-13-6-8-15(22)9-7-13)19(29)27-18(20(30)31)11-14-4-2-3-5-16(14)21(23,24)25/h2-9,17-18H,10-11H2,1H3,(H,26,28)(H,27,29)(H,30,31)/t17-,18+/m1/s1. The van der Waals surface area contributed by atoms with Gasteiger partial charge in [-0.05, 0) is 29.3 Å². The van der Waals surface area contributed by atoms with Gasteiger partial charge in [0.1, 0.15) is 17.9 Å². The van der Waals surface area contributed by atoms with E-state index in [2.05, 4.69) is 10.6 Å². The number of aliphatic carboxylic acids is 1. The van der Waals surface area contributed by atoms with Gasteiger partial charge >= 0.3 is 12.1 Å². The first-order chi connectivity index (χ1) is 14.5. The quantitative estimate of drug-likeness (QED) is 0.550. The summed E-state index contributed by atoms with van der Waals surface area (Å²) in [5.41, 5.74) is -0.804. The topological polar surface area (TPSA) is 95.5 Å². The molecule has 2 atom stereocenters. The molecule has 2 amide bonds. The monoisotopic (exact) mass is 440 g/mol. The summed E-state index contributed by atoms with van der Waals surface area (Å²) in [6.07, 6.45) is -5.37. The summed E-state index contributed by atoms with van der Waals surface area (Å²) >= 11 is 0. The summed E-state index contributed by atoms with van der Waals surface area (Å²) in [6, 6.07) is 6.70. The van der Waals surface area contributed by atoms with Crippen LogP contribution >= 0.6 is 0 Å². The Kier molecular flexibility index (Phi) is 7.73. The molecule has 31 heavy (non-hydrogen) atoms. The van der Waals surface area contributed by atoms with Gasteiger partial charge in [-0.25, -0.2) is 9.18 Å². The van der Waals surface area contributed by atoms with E-state index in [4.69, 9.17) is 0 Å². The number of carboxylic acid groups (broad SMARTS) is 1. The lowest BCUT2D eigenvalue weighted by molar-refractivity contribution is -0.143. The van der Waals surface area contributed by atoms with E-state index in [1.54, 1.807) is 0 Å². The molecule has 3 N–H and O–H groups in total. The van der Waals surface area contributed by atoms with Crippen molar-refractivity contribution in [2.75, 3.05) is 0 Å². The summed E-state index contributed by atoms with van der Waals surface area (Å²) < 4.78 is 52.7. The SMILES string of the molecule is CC(=O)N[C@H](Cc1ccc(F)cc1)C(=O)N[C@@H](Cc1ccccc1C(F)(F)F)C(=O)O. The van der Waals surface area contributed by atoms with Crippen LogP contribution in [0, 0.1) is 5.82 Å². The third kappa shape index (κ3) is 7.09. The molecule has 0 aromatic heterocycles. The van der Waals surface area contributed by atoms with Crippen LogP contribution in [0.3, 0.4) is 0 Å². The molecule has 2 rings (SSSR count). The second-order valence-corrected chi connectivity index (χ2v) is 6.84. The Morgan fingerprint density at radius 2 is 1.55 bits per heavy atom. The molecule has 2 aromatic carbocycles. The molecule has 0 unspecified atom stereocenters. The van der Waals surface area contributed by atoms with Gasteiger partial charge < -0.3 is 15.7 Å². The molecular formula is C21H20F4N2O4. The lowest BCUT2D eigenvalue weighted by Crippen LogP contribution is -2.52. The molecule has 2 aromatic rings. The number of alkyl halides is 3. The van der Waals surface area contributed by atoms with Crippen LogP contribution in [0.15, 0.2) is 48.5 Å². The van der Waals surface area contributed by atoms with Crippen LogP contribution in [0.1, 0.15) is 23.6 Å².